The van der Waals surface area contributed by atoms with E-state index in [9.17, 15) is 4.79 Å². The fraction of sp³-hybridized carbons (Fsp3) is 0.533. The molecule has 1 fully saturated rings. The smallest absolute Gasteiger partial charge is 0.219 e. The number of hydrogen-bond donors (Lipinski definition) is 1. The van der Waals surface area contributed by atoms with Gasteiger partial charge in [0.25, 0.3) is 0 Å². The molecule has 1 amide bonds. The molecule has 1 aliphatic rings. The molecule has 1 heterocycles. The van der Waals surface area contributed by atoms with Crippen molar-refractivity contribution in [1.82, 2.24) is 4.90 Å². The van der Waals surface area contributed by atoms with Crippen molar-refractivity contribution in [2.24, 2.45) is 0 Å². The molecule has 1 N–H and O–H groups in total. The number of benzene rings is 1. The van der Waals surface area contributed by atoms with Crippen molar-refractivity contribution in [2.45, 2.75) is 25.8 Å². The third-order valence-electron chi connectivity index (χ3n) is 3.77. The topological polar surface area (TPSA) is 50.8 Å². The molecule has 0 aliphatic carbocycles. The molecule has 1 aromatic rings. The van der Waals surface area contributed by atoms with Crippen molar-refractivity contribution >= 4 is 23.2 Å². The third-order valence-corrected chi connectivity index (χ3v) is 4.09. The Kier molecular flexibility index (Phi) is 5.17. The summed E-state index contributed by atoms with van der Waals surface area (Å²) >= 11 is 6.27. The predicted molar refractivity (Wildman–Crippen MR) is 83.5 cm³/mol. The second kappa shape index (κ2) is 6.89. The lowest BCUT2D eigenvalue weighted by Gasteiger charge is -2.32. The SMILES string of the molecule is COc1cc(Cl)c(NC2CCN(C(C)=O)CC2)cc1OC. The van der Waals surface area contributed by atoms with Crippen LogP contribution in [0, 0.1) is 0 Å². The molecule has 1 saturated heterocycles. The highest BCUT2D eigenvalue weighted by Gasteiger charge is 2.21. The number of carbonyl (C=O) groups excluding carboxylic acids is 1. The zero-order valence-corrected chi connectivity index (χ0v) is 13.4. The molecule has 5 nitrogen and oxygen atoms in total. The van der Waals surface area contributed by atoms with Crippen LogP contribution < -0.4 is 14.8 Å². The molecule has 0 spiro atoms. The summed E-state index contributed by atoms with van der Waals surface area (Å²) in [4.78, 5) is 13.2. The normalized spacial score (nSPS) is 15.7. The van der Waals surface area contributed by atoms with Crippen LogP contribution in [0.3, 0.4) is 0 Å². The summed E-state index contributed by atoms with van der Waals surface area (Å²) in [5.74, 6) is 1.39. The average molecular weight is 313 g/mol. The number of ether oxygens (including phenoxy) is 2. The number of amides is 1. The first-order valence-corrected chi connectivity index (χ1v) is 7.36. The maximum absolute atomic E-state index is 11.3. The van der Waals surface area contributed by atoms with E-state index in [2.05, 4.69) is 5.32 Å². The lowest BCUT2D eigenvalue weighted by molar-refractivity contribution is -0.129. The van der Waals surface area contributed by atoms with Crippen molar-refractivity contribution in [3.63, 3.8) is 0 Å². The summed E-state index contributed by atoms with van der Waals surface area (Å²) in [7, 11) is 3.18. The summed E-state index contributed by atoms with van der Waals surface area (Å²) in [5.41, 5.74) is 0.829. The van der Waals surface area contributed by atoms with Gasteiger partial charge in [-0.05, 0) is 12.8 Å². The first-order valence-electron chi connectivity index (χ1n) is 6.98. The van der Waals surface area contributed by atoms with Crippen LogP contribution in [0.2, 0.25) is 5.02 Å². The zero-order valence-electron chi connectivity index (χ0n) is 12.6. The van der Waals surface area contributed by atoms with Gasteiger partial charge in [-0.2, -0.15) is 0 Å². The van der Waals surface area contributed by atoms with Crippen molar-refractivity contribution in [3.05, 3.63) is 17.2 Å². The fourth-order valence-corrected chi connectivity index (χ4v) is 2.73. The van der Waals surface area contributed by atoms with Crippen LogP contribution in [-0.2, 0) is 4.79 Å². The number of anilines is 1. The highest BCUT2D eigenvalue weighted by atomic mass is 35.5. The lowest BCUT2D eigenvalue weighted by atomic mass is 10.0. The molecule has 0 bridgehead atoms. The molecule has 116 valence electrons. The molecule has 0 radical (unpaired) electrons. The largest absolute Gasteiger partial charge is 0.493 e. The fourth-order valence-electron chi connectivity index (χ4n) is 2.52. The van der Waals surface area contributed by atoms with E-state index < -0.39 is 0 Å². The second-order valence-corrected chi connectivity index (χ2v) is 5.52. The van der Waals surface area contributed by atoms with Gasteiger partial charge in [-0.15, -0.1) is 0 Å². The minimum Gasteiger partial charge on any atom is -0.493 e. The number of halogens is 1. The molecule has 0 saturated carbocycles. The quantitative estimate of drug-likeness (QED) is 0.929. The van der Waals surface area contributed by atoms with Gasteiger partial charge in [0.2, 0.25) is 5.91 Å². The van der Waals surface area contributed by atoms with Gasteiger partial charge in [0.15, 0.2) is 11.5 Å². The lowest BCUT2D eigenvalue weighted by Crippen LogP contribution is -2.41. The number of nitrogens with zero attached hydrogens (tertiary/aromatic N) is 1. The van der Waals surface area contributed by atoms with Crippen molar-refractivity contribution in [2.75, 3.05) is 32.6 Å². The van der Waals surface area contributed by atoms with Crippen LogP contribution in [0.15, 0.2) is 12.1 Å². The Bertz CT molecular complexity index is 514. The van der Waals surface area contributed by atoms with Gasteiger partial charge in [0, 0.05) is 38.2 Å². The Hall–Kier alpha value is -1.62. The van der Waals surface area contributed by atoms with Gasteiger partial charge in [0.1, 0.15) is 0 Å². The summed E-state index contributed by atoms with van der Waals surface area (Å²) in [5, 5.41) is 4.03. The van der Waals surface area contributed by atoms with Gasteiger partial charge < -0.3 is 19.7 Å². The van der Waals surface area contributed by atoms with Crippen molar-refractivity contribution < 1.29 is 14.3 Å². The Labute approximate surface area is 130 Å². The first-order chi connectivity index (χ1) is 10.0. The average Bonchev–Trinajstić information content (AvgIpc) is 2.49. The highest BCUT2D eigenvalue weighted by molar-refractivity contribution is 6.33. The molecular weight excluding hydrogens is 292 g/mol. The third kappa shape index (κ3) is 3.73. The summed E-state index contributed by atoms with van der Waals surface area (Å²) in [6, 6.07) is 3.89. The Balaban J connectivity index is 2.05. The van der Waals surface area contributed by atoms with Gasteiger partial charge in [-0.3, -0.25) is 4.79 Å². The minimum atomic E-state index is 0.137. The predicted octanol–water partition coefficient (Wildman–Crippen LogP) is 2.78. The van der Waals surface area contributed by atoms with E-state index >= 15 is 0 Å². The Morgan fingerprint density at radius 1 is 1.24 bits per heavy atom. The van der Waals surface area contributed by atoms with Crippen LogP contribution in [0.1, 0.15) is 19.8 Å². The van der Waals surface area contributed by atoms with Gasteiger partial charge in [0.05, 0.1) is 24.9 Å². The number of piperidine rings is 1. The zero-order chi connectivity index (χ0) is 15.4. The number of carbonyl (C=O) groups is 1. The molecule has 0 unspecified atom stereocenters. The van der Waals surface area contributed by atoms with Crippen LogP contribution >= 0.6 is 11.6 Å². The molecule has 21 heavy (non-hydrogen) atoms. The summed E-state index contributed by atoms with van der Waals surface area (Å²) in [6.07, 6.45) is 1.81. The summed E-state index contributed by atoms with van der Waals surface area (Å²) < 4.78 is 10.5. The van der Waals surface area contributed by atoms with Crippen molar-refractivity contribution in [1.29, 1.82) is 0 Å². The van der Waals surface area contributed by atoms with E-state index in [-0.39, 0.29) is 5.91 Å². The summed E-state index contributed by atoms with van der Waals surface area (Å²) in [6.45, 7) is 3.16. The molecule has 0 aromatic heterocycles. The number of hydrogen-bond acceptors (Lipinski definition) is 4. The number of nitrogens with one attached hydrogen (secondary N) is 1. The molecular formula is C15H21ClN2O3. The van der Waals surface area contributed by atoms with E-state index in [0.717, 1.165) is 31.6 Å². The van der Waals surface area contributed by atoms with Crippen LogP contribution in [0.5, 0.6) is 11.5 Å². The monoisotopic (exact) mass is 312 g/mol. The molecule has 0 atom stereocenters. The Morgan fingerprint density at radius 3 is 2.33 bits per heavy atom. The van der Waals surface area contributed by atoms with Crippen LogP contribution in [0.4, 0.5) is 5.69 Å². The van der Waals surface area contributed by atoms with Gasteiger partial charge in [-0.25, -0.2) is 0 Å². The van der Waals surface area contributed by atoms with Crippen molar-refractivity contribution in [3.8, 4) is 11.5 Å². The molecule has 1 aromatic carbocycles. The van der Waals surface area contributed by atoms with E-state index in [1.165, 1.54) is 0 Å². The number of methoxy groups -OCH3 is 2. The van der Waals surface area contributed by atoms with Crippen LogP contribution in [0.25, 0.3) is 0 Å². The number of rotatable bonds is 4. The molecule has 1 aliphatic heterocycles. The second-order valence-electron chi connectivity index (χ2n) is 5.11. The van der Waals surface area contributed by atoms with E-state index in [1.807, 2.05) is 11.0 Å². The van der Waals surface area contributed by atoms with Gasteiger partial charge in [-0.1, -0.05) is 11.6 Å². The maximum atomic E-state index is 11.3. The standard InChI is InChI=1S/C15H21ClN2O3/c1-10(19)18-6-4-11(5-7-18)17-13-9-15(21-3)14(20-2)8-12(13)16/h8-9,11,17H,4-7H2,1-3H3. The highest BCUT2D eigenvalue weighted by Crippen LogP contribution is 2.36. The minimum absolute atomic E-state index is 0.137. The van der Waals surface area contributed by atoms with Gasteiger partial charge >= 0.3 is 0 Å². The van der Waals surface area contributed by atoms with Crippen LogP contribution in [-0.4, -0.2) is 44.2 Å². The van der Waals surface area contributed by atoms with E-state index in [0.29, 0.717) is 22.6 Å². The first kappa shape index (κ1) is 15.8. The molecule has 6 heteroatoms. The Morgan fingerprint density at radius 2 is 1.81 bits per heavy atom. The molecule has 2 rings (SSSR count). The number of likely N-dealkylation sites (tertiary alicyclic amines) is 1. The maximum Gasteiger partial charge on any atom is 0.219 e. The van der Waals surface area contributed by atoms with E-state index in [4.69, 9.17) is 21.1 Å². The van der Waals surface area contributed by atoms with E-state index in [1.54, 1.807) is 27.2 Å².